The molecule has 0 bridgehead atoms. The SMILES string of the molecule is CN[C@@H]1CC[C@H](F)[C@H](C#N)C1. The van der Waals surface area contributed by atoms with Gasteiger partial charge < -0.3 is 5.32 Å². The Labute approximate surface area is 66.4 Å². The van der Waals surface area contributed by atoms with Gasteiger partial charge in [0.05, 0.1) is 12.0 Å². The molecule has 1 fully saturated rings. The molecule has 1 N–H and O–H groups in total. The average molecular weight is 156 g/mol. The average Bonchev–Trinajstić information content (AvgIpc) is 2.05. The lowest BCUT2D eigenvalue weighted by Gasteiger charge is -2.27. The molecule has 2 nitrogen and oxygen atoms in total. The lowest BCUT2D eigenvalue weighted by molar-refractivity contribution is 0.179. The lowest BCUT2D eigenvalue weighted by Crippen LogP contribution is -2.35. The summed E-state index contributed by atoms with van der Waals surface area (Å²) in [6, 6.07) is 2.34. The van der Waals surface area contributed by atoms with Gasteiger partial charge in [-0.2, -0.15) is 5.26 Å². The van der Waals surface area contributed by atoms with Crippen LogP contribution in [0.25, 0.3) is 0 Å². The highest BCUT2D eigenvalue weighted by molar-refractivity contribution is 4.95. The van der Waals surface area contributed by atoms with E-state index in [4.69, 9.17) is 5.26 Å². The molecule has 3 heteroatoms. The summed E-state index contributed by atoms with van der Waals surface area (Å²) in [6.07, 6.45) is 1.15. The summed E-state index contributed by atoms with van der Waals surface area (Å²) in [5.41, 5.74) is 0. The second-order valence-corrected chi connectivity index (χ2v) is 3.05. The first-order valence-electron chi connectivity index (χ1n) is 3.99. The molecule has 1 aliphatic carbocycles. The zero-order chi connectivity index (χ0) is 8.27. The van der Waals surface area contributed by atoms with E-state index in [0.717, 1.165) is 6.42 Å². The van der Waals surface area contributed by atoms with Crippen LogP contribution in [0.1, 0.15) is 19.3 Å². The van der Waals surface area contributed by atoms with Crippen LogP contribution in [0.3, 0.4) is 0 Å². The highest BCUT2D eigenvalue weighted by Gasteiger charge is 2.29. The van der Waals surface area contributed by atoms with Gasteiger partial charge in [-0.15, -0.1) is 0 Å². The van der Waals surface area contributed by atoms with E-state index in [1.165, 1.54) is 0 Å². The van der Waals surface area contributed by atoms with Crippen LogP contribution < -0.4 is 5.32 Å². The lowest BCUT2D eigenvalue weighted by atomic mass is 9.85. The second-order valence-electron chi connectivity index (χ2n) is 3.05. The summed E-state index contributed by atoms with van der Waals surface area (Å²) in [7, 11) is 1.86. The molecule has 3 atom stereocenters. The number of hydrogen-bond acceptors (Lipinski definition) is 2. The largest absolute Gasteiger partial charge is 0.317 e. The van der Waals surface area contributed by atoms with E-state index in [1.54, 1.807) is 0 Å². The topological polar surface area (TPSA) is 35.8 Å². The highest BCUT2D eigenvalue weighted by atomic mass is 19.1. The molecule has 62 valence electrons. The van der Waals surface area contributed by atoms with Crippen molar-refractivity contribution in [2.24, 2.45) is 5.92 Å². The Kier molecular flexibility index (Phi) is 2.84. The summed E-state index contributed by atoms with van der Waals surface area (Å²) in [5.74, 6) is -0.388. The first-order chi connectivity index (χ1) is 5.27. The van der Waals surface area contributed by atoms with Gasteiger partial charge in [-0.25, -0.2) is 4.39 Å². The van der Waals surface area contributed by atoms with E-state index in [2.05, 4.69) is 5.32 Å². The number of halogens is 1. The van der Waals surface area contributed by atoms with Crippen LogP contribution in [0.5, 0.6) is 0 Å². The van der Waals surface area contributed by atoms with Gasteiger partial charge in [0.15, 0.2) is 0 Å². The minimum absolute atomic E-state index is 0.339. The third-order valence-electron chi connectivity index (χ3n) is 2.34. The van der Waals surface area contributed by atoms with Gasteiger partial charge in [-0.3, -0.25) is 0 Å². The Balaban J connectivity index is 2.46. The molecule has 11 heavy (non-hydrogen) atoms. The first-order valence-corrected chi connectivity index (χ1v) is 3.99. The van der Waals surface area contributed by atoms with Crippen molar-refractivity contribution in [3.8, 4) is 6.07 Å². The Morgan fingerprint density at radius 1 is 1.55 bits per heavy atom. The van der Waals surface area contributed by atoms with Gasteiger partial charge >= 0.3 is 0 Å². The smallest absolute Gasteiger partial charge is 0.116 e. The van der Waals surface area contributed by atoms with E-state index < -0.39 is 6.17 Å². The third kappa shape index (κ3) is 1.90. The Hall–Kier alpha value is -0.620. The molecular formula is C8H13FN2. The number of nitrogens with zero attached hydrogens (tertiary/aromatic N) is 1. The standard InChI is InChI=1S/C8H13FN2/c1-11-7-2-3-8(9)6(4-7)5-10/h6-8,11H,2-4H2,1H3/t6-,7+,8-/m0/s1. The fourth-order valence-electron chi connectivity index (χ4n) is 1.53. The van der Waals surface area contributed by atoms with E-state index in [1.807, 2.05) is 13.1 Å². The molecule has 1 aliphatic rings. The van der Waals surface area contributed by atoms with Crippen molar-refractivity contribution in [3.05, 3.63) is 0 Å². The van der Waals surface area contributed by atoms with E-state index in [9.17, 15) is 4.39 Å². The summed E-state index contributed by atoms with van der Waals surface area (Å²) in [6.45, 7) is 0. The molecule has 0 radical (unpaired) electrons. The van der Waals surface area contributed by atoms with Crippen LogP contribution in [-0.2, 0) is 0 Å². The summed E-state index contributed by atoms with van der Waals surface area (Å²) in [5, 5.41) is 11.6. The van der Waals surface area contributed by atoms with Crippen LogP contribution in [0.4, 0.5) is 4.39 Å². The van der Waals surface area contributed by atoms with Crippen LogP contribution in [0.2, 0.25) is 0 Å². The van der Waals surface area contributed by atoms with Gasteiger partial charge in [0.1, 0.15) is 6.17 Å². The quantitative estimate of drug-likeness (QED) is 0.620. The number of nitriles is 1. The maximum absolute atomic E-state index is 12.9. The fraction of sp³-hybridized carbons (Fsp3) is 0.875. The van der Waals surface area contributed by atoms with Crippen molar-refractivity contribution in [2.75, 3.05) is 7.05 Å². The molecular weight excluding hydrogens is 143 g/mol. The maximum Gasteiger partial charge on any atom is 0.116 e. The van der Waals surface area contributed by atoms with E-state index >= 15 is 0 Å². The number of alkyl halides is 1. The van der Waals surface area contributed by atoms with Gasteiger partial charge in [-0.05, 0) is 26.3 Å². The molecule has 0 aliphatic heterocycles. The monoisotopic (exact) mass is 156 g/mol. The molecule has 0 aromatic heterocycles. The van der Waals surface area contributed by atoms with Crippen LogP contribution >= 0.6 is 0 Å². The van der Waals surface area contributed by atoms with Gasteiger partial charge in [0.2, 0.25) is 0 Å². The normalized spacial score (nSPS) is 38.1. The number of nitrogens with one attached hydrogen (secondary N) is 1. The Bertz CT molecular complexity index is 164. The predicted molar refractivity (Wildman–Crippen MR) is 40.7 cm³/mol. The summed E-state index contributed by atoms with van der Waals surface area (Å²) >= 11 is 0. The molecule has 0 heterocycles. The number of hydrogen-bond donors (Lipinski definition) is 1. The molecule has 0 saturated heterocycles. The maximum atomic E-state index is 12.9. The van der Waals surface area contributed by atoms with Gasteiger partial charge in [0.25, 0.3) is 0 Å². The van der Waals surface area contributed by atoms with E-state index in [0.29, 0.717) is 18.9 Å². The van der Waals surface area contributed by atoms with Gasteiger partial charge in [-0.1, -0.05) is 0 Å². The van der Waals surface area contributed by atoms with Crippen molar-refractivity contribution in [1.82, 2.24) is 5.32 Å². The predicted octanol–water partition coefficient (Wildman–Crippen LogP) is 1.24. The van der Waals surface area contributed by atoms with Gasteiger partial charge in [0, 0.05) is 6.04 Å². The fourth-order valence-corrected chi connectivity index (χ4v) is 1.53. The van der Waals surface area contributed by atoms with Crippen LogP contribution in [0.15, 0.2) is 0 Å². The van der Waals surface area contributed by atoms with Crippen molar-refractivity contribution in [1.29, 1.82) is 5.26 Å². The third-order valence-corrected chi connectivity index (χ3v) is 2.34. The zero-order valence-electron chi connectivity index (χ0n) is 6.68. The molecule has 0 unspecified atom stereocenters. The van der Waals surface area contributed by atoms with Crippen molar-refractivity contribution in [2.45, 2.75) is 31.5 Å². The molecule has 0 amide bonds. The molecule has 0 aromatic rings. The van der Waals surface area contributed by atoms with Crippen LogP contribution in [-0.4, -0.2) is 19.3 Å². The van der Waals surface area contributed by atoms with Crippen molar-refractivity contribution < 1.29 is 4.39 Å². The Morgan fingerprint density at radius 3 is 2.82 bits per heavy atom. The molecule has 1 rings (SSSR count). The van der Waals surface area contributed by atoms with Crippen molar-refractivity contribution in [3.63, 3.8) is 0 Å². The molecule has 1 saturated carbocycles. The van der Waals surface area contributed by atoms with Crippen molar-refractivity contribution >= 4 is 0 Å². The highest BCUT2D eigenvalue weighted by Crippen LogP contribution is 2.26. The molecule has 0 spiro atoms. The first kappa shape index (κ1) is 8.48. The molecule has 0 aromatic carbocycles. The summed E-state index contributed by atoms with van der Waals surface area (Å²) < 4.78 is 12.9. The Morgan fingerprint density at radius 2 is 2.27 bits per heavy atom. The minimum atomic E-state index is -0.899. The summed E-state index contributed by atoms with van der Waals surface area (Å²) in [4.78, 5) is 0. The van der Waals surface area contributed by atoms with E-state index in [-0.39, 0.29) is 5.92 Å². The number of rotatable bonds is 1. The second kappa shape index (κ2) is 3.68. The zero-order valence-corrected chi connectivity index (χ0v) is 6.68. The minimum Gasteiger partial charge on any atom is -0.317 e. The van der Waals surface area contributed by atoms with Crippen LogP contribution in [0, 0.1) is 17.2 Å².